The Balaban J connectivity index is 1.18. The third-order valence-corrected chi connectivity index (χ3v) is 4.33. The Kier molecular flexibility index (Phi) is 4.64. The van der Waals surface area contributed by atoms with Crippen LogP contribution in [0, 0.1) is 0 Å². The first-order valence-corrected chi connectivity index (χ1v) is 8.54. The summed E-state index contributed by atoms with van der Waals surface area (Å²) in [5.74, 6) is 1.68. The minimum Gasteiger partial charge on any atom is -0.369 e. The van der Waals surface area contributed by atoms with Crippen LogP contribution < -0.4 is 10.2 Å². The summed E-state index contributed by atoms with van der Waals surface area (Å²) in [5, 5.41) is 15.5. The molecule has 0 saturated carbocycles. The molecule has 9 nitrogen and oxygen atoms in total. The van der Waals surface area contributed by atoms with Crippen LogP contribution in [0.15, 0.2) is 36.9 Å². The molecule has 1 N–H and O–H groups in total. The smallest absolute Gasteiger partial charge is 0.225 e. The fourth-order valence-electron chi connectivity index (χ4n) is 2.97. The van der Waals surface area contributed by atoms with Gasteiger partial charge in [0.1, 0.15) is 12.1 Å². The lowest BCUT2D eigenvalue weighted by Gasteiger charge is -2.34. The van der Waals surface area contributed by atoms with Gasteiger partial charge >= 0.3 is 0 Å². The summed E-state index contributed by atoms with van der Waals surface area (Å²) >= 11 is 0. The molecule has 0 unspecified atom stereocenters. The van der Waals surface area contributed by atoms with Crippen LogP contribution in [0.4, 0.5) is 11.8 Å². The van der Waals surface area contributed by atoms with Crippen molar-refractivity contribution in [2.24, 2.45) is 0 Å². The van der Waals surface area contributed by atoms with E-state index in [0.29, 0.717) is 0 Å². The Morgan fingerprint density at radius 3 is 2.72 bits per heavy atom. The Morgan fingerprint density at radius 1 is 1.04 bits per heavy atom. The Morgan fingerprint density at radius 2 is 1.88 bits per heavy atom. The predicted octanol–water partition coefficient (Wildman–Crippen LogP) is 0.539. The standard InChI is InChI=1S/C16H21N9/c1-5-18-16(19-6-1)24-11-9-23(10-12-24)8-2-7-17-14-3-4-15-21-20-13-25(15)22-14/h1,3-6,13H,2,7-12H2,(H,17,22). The molecular formula is C16H21N9. The Bertz CT molecular complexity index is 795. The zero-order valence-electron chi connectivity index (χ0n) is 14.0. The molecule has 0 radical (unpaired) electrons. The molecule has 25 heavy (non-hydrogen) atoms. The number of piperazine rings is 1. The molecule has 1 fully saturated rings. The van der Waals surface area contributed by atoms with Gasteiger partial charge in [-0.25, -0.2) is 9.97 Å². The van der Waals surface area contributed by atoms with E-state index >= 15 is 0 Å². The summed E-state index contributed by atoms with van der Waals surface area (Å²) < 4.78 is 1.67. The van der Waals surface area contributed by atoms with Gasteiger partial charge in [-0.2, -0.15) is 4.52 Å². The van der Waals surface area contributed by atoms with Crippen LogP contribution in [0.25, 0.3) is 5.65 Å². The van der Waals surface area contributed by atoms with E-state index in [1.165, 1.54) is 0 Å². The maximum Gasteiger partial charge on any atom is 0.225 e. The van der Waals surface area contributed by atoms with Crippen LogP contribution in [-0.4, -0.2) is 73.9 Å². The van der Waals surface area contributed by atoms with E-state index in [1.54, 1.807) is 23.2 Å². The van der Waals surface area contributed by atoms with Crippen molar-refractivity contribution in [3.05, 3.63) is 36.9 Å². The van der Waals surface area contributed by atoms with Gasteiger partial charge in [0.15, 0.2) is 5.65 Å². The molecule has 4 heterocycles. The van der Waals surface area contributed by atoms with Crippen molar-refractivity contribution in [3.8, 4) is 0 Å². The zero-order chi connectivity index (χ0) is 16.9. The number of hydrogen-bond donors (Lipinski definition) is 1. The minimum absolute atomic E-state index is 0.755. The molecule has 130 valence electrons. The minimum atomic E-state index is 0.755. The lowest BCUT2D eigenvalue weighted by Crippen LogP contribution is -2.47. The second kappa shape index (κ2) is 7.39. The maximum absolute atomic E-state index is 4.41. The molecule has 1 aliphatic heterocycles. The first kappa shape index (κ1) is 15.7. The van der Waals surface area contributed by atoms with Crippen molar-refractivity contribution < 1.29 is 0 Å². The highest BCUT2D eigenvalue weighted by Crippen LogP contribution is 2.10. The van der Waals surface area contributed by atoms with Crippen LogP contribution in [0.3, 0.4) is 0 Å². The molecule has 4 rings (SSSR count). The highest BCUT2D eigenvalue weighted by molar-refractivity contribution is 5.42. The summed E-state index contributed by atoms with van der Waals surface area (Å²) in [4.78, 5) is 13.4. The van der Waals surface area contributed by atoms with Gasteiger partial charge in [0, 0.05) is 45.1 Å². The van der Waals surface area contributed by atoms with Crippen LogP contribution in [0.5, 0.6) is 0 Å². The molecule has 9 heteroatoms. The van der Waals surface area contributed by atoms with E-state index in [9.17, 15) is 0 Å². The number of nitrogens with zero attached hydrogens (tertiary/aromatic N) is 8. The molecule has 0 aromatic carbocycles. The van der Waals surface area contributed by atoms with Gasteiger partial charge in [0.2, 0.25) is 5.95 Å². The molecule has 0 atom stereocenters. The second-order valence-corrected chi connectivity index (χ2v) is 6.01. The van der Waals surface area contributed by atoms with Gasteiger partial charge in [-0.15, -0.1) is 15.3 Å². The molecule has 0 spiro atoms. The summed E-state index contributed by atoms with van der Waals surface area (Å²) in [6, 6.07) is 5.69. The van der Waals surface area contributed by atoms with Crippen molar-refractivity contribution >= 4 is 17.4 Å². The van der Waals surface area contributed by atoms with E-state index < -0.39 is 0 Å². The van der Waals surface area contributed by atoms with E-state index in [2.05, 4.69) is 40.4 Å². The number of anilines is 2. The molecule has 3 aromatic heterocycles. The quantitative estimate of drug-likeness (QED) is 0.651. The van der Waals surface area contributed by atoms with E-state index in [-0.39, 0.29) is 0 Å². The summed E-state index contributed by atoms with van der Waals surface area (Å²) in [7, 11) is 0. The molecule has 3 aromatic rings. The summed E-state index contributed by atoms with van der Waals surface area (Å²) in [6.07, 6.45) is 6.28. The average molecular weight is 339 g/mol. The Hall–Kier alpha value is -2.81. The van der Waals surface area contributed by atoms with Crippen molar-refractivity contribution in [3.63, 3.8) is 0 Å². The number of nitrogens with one attached hydrogen (secondary N) is 1. The van der Waals surface area contributed by atoms with E-state index in [0.717, 1.165) is 63.1 Å². The van der Waals surface area contributed by atoms with Gasteiger partial charge in [-0.05, 0) is 31.2 Å². The number of hydrogen-bond acceptors (Lipinski definition) is 8. The lowest BCUT2D eigenvalue weighted by molar-refractivity contribution is 0.256. The van der Waals surface area contributed by atoms with Crippen LogP contribution >= 0.6 is 0 Å². The zero-order valence-corrected chi connectivity index (χ0v) is 14.0. The van der Waals surface area contributed by atoms with Crippen molar-refractivity contribution in [2.75, 3.05) is 49.5 Å². The van der Waals surface area contributed by atoms with E-state index in [4.69, 9.17) is 0 Å². The predicted molar refractivity (Wildman–Crippen MR) is 94.6 cm³/mol. The van der Waals surface area contributed by atoms with Gasteiger partial charge < -0.3 is 10.2 Å². The van der Waals surface area contributed by atoms with E-state index in [1.807, 2.05) is 18.2 Å². The summed E-state index contributed by atoms with van der Waals surface area (Å²) in [6.45, 7) is 6.01. The third-order valence-electron chi connectivity index (χ3n) is 4.33. The first-order valence-electron chi connectivity index (χ1n) is 8.54. The Labute approximate surface area is 145 Å². The molecule has 0 amide bonds. The normalized spacial score (nSPS) is 15.6. The van der Waals surface area contributed by atoms with Gasteiger partial charge in [-0.1, -0.05) is 0 Å². The fourth-order valence-corrected chi connectivity index (χ4v) is 2.97. The third kappa shape index (κ3) is 3.82. The second-order valence-electron chi connectivity index (χ2n) is 6.01. The molecule has 1 aliphatic rings. The molecule has 0 bridgehead atoms. The summed E-state index contributed by atoms with van der Waals surface area (Å²) in [5.41, 5.74) is 0.755. The maximum atomic E-state index is 4.41. The number of rotatable bonds is 6. The topological polar surface area (TPSA) is 87.4 Å². The highest BCUT2D eigenvalue weighted by Gasteiger charge is 2.18. The van der Waals surface area contributed by atoms with Crippen molar-refractivity contribution in [2.45, 2.75) is 6.42 Å². The largest absolute Gasteiger partial charge is 0.369 e. The highest BCUT2D eigenvalue weighted by atomic mass is 15.4. The monoisotopic (exact) mass is 339 g/mol. The van der Waals surface area contributed by atoms with Crippen LogP contribution in [0.1, 0.15) is 6.42 Å². The van der Waals surface area contributed by atoms with Crippen molar-refractivity contribution in [1.29, 1.82) is 0 Å². The fraction of sp³-hybridized carbons (Fsp3) is 0.438. The van der Waals surface area contributed by atoms with Crippen molar-refractivity contribution in [1.82, 2.24) is 34.7 Å². The molecule has 0 aliphatic carbocycles. The number of aromatic nitrogens is 6. The van der Waals surface area contributed by atoms with Crippen LogP contribution in [-0.2, 0) is 0 Å². The lowest BCUT2D eigenvalue weighted by atomic mass is 10.3. The number of fused-ring (bicyclic) bond motifs is 1. The van der Waals surface area contributed by atoms with Gasteiger partial charge in [0.05, 0.1) is 0 Å². The van der Waals surface area contributed by atoms with Gasteiger partial charge in [0.25, 0.3) is 0 Å². The van der Waals surface area contributed by atoms with Crippen LogP contribution in [0.2, 0.25) is 0 Å². The molecular weight excluding hydrogens is 318 g/mol. The average Bonchev–Trinajstić information content (AvgIpc) is 3.14. The van der Waals surface area contributed by atoms with Gasteiger partial charge in [-0.3, -0.25) is 4.90 Å². The molecule has 1 saturated heterocycles. The SMILES string of the molecule is c1cnc(N2CCN(CCCNc3ccc4nncn4n3)CC2)nc1. The first-order chi connectivity index (χ1) is 12.4.